The second-order valence-electron chi connectivity index (χ2n) is 7.53. The summed E-state index contributed by atoms with van der Waals surface area (Å²) in [4.78, 5) is 12.8. The van der Waals surface area contributed by atoms with Crippen LogP contribution < -0.4 is 26.9 Å². The van der Waals surface area contributed by atoms with Gasteiger partial charge >= 0.3 is 6.18 Å². The SMILES string of the molecule is Cc1ccccc1NC(=O)Cn1c2[n+](c3ccc(C(F)(F)F)cc31)CCCCC2.[Br-]. The zero-order valence-corrected chi connectivity index (χ0v) is 18.2. The van der Waals surface area contributed by atoms with E-state index in [0.29, 0.717) is 11.2 Å². The summed E-state index contributed by atoms with van der Waals surface area (Å²) in [5, 5.41) is 2.89. The average Bonchev–Trinajstić information content (AvgIpc) is 2.82. The number of aryl methyl sites for hydroxylation is 2. The molecular weight excluding hydrogens is 459 g/mol. The first-order chi connectivity index (χ1) is 13.8. The predicted molar refractivity (Wildman–Crippen MR) is 104 cm³/mol. The first-order valence-corrected chi connectivity index (χ1v) is 9.82. The van der Waals surface area contributed by atoms with Crippen molar-refractivity contribution in [1.82, 2.24) is 4.57 Å². The van der Waals surface area contributed by atoms with Crippen LogP contribution in [0.1, 0.15) is 36.2 Å². The number of hydrogen-bond acceptors (Lipinski definition) is 1. The Kier molecular flexibility index (Phi) is 6.55. The molecule has 0 aliphatic carbocycles. The number of halogens is 4. The van der Waals surface area contributed by atoms with Gasteiger partial charge < -0.3 is 22.3 Å². The molecule has 160 valence electrons. The average molecular weight is 482 g/mol. The Hall–Kier alpha value is -2.35. The molecule has 4 nitrogen and oxygen atoms in total. The number of imidazole rings is 1. The number of aromatic nitrogens is 2. The van der Waals surface area contributed by atoms with Crippen LogP contribution in [0.5, 0.6) is 0 Å². The van der Waals surface area contributed by atoms with Gasteiger partial charge in [-0.2, -0.15) is 13.2 Å². The fourth-order valence-corrected chi connectivity index (χ4v) is 4.04. The van der Waals surface area contributed by atoms with Gasteiger partial charge in [-0.15, -0.1) is 0 Å². The van der Waals surface area contributed by atoms with E-state index in [9.17, 15) is 18.0 Å². The Morgan fingerprint density at radius 3 is 2.63 bits per heavy atom. The van der Waals surface area contributed by atoms with Crippen LogP contribution in [0.15, 0.2) is 42.5 Å². The standard InChI is InChI=1S/C22H22F3N3O.BrH/c1-15-7-4-5-8-17(15)26-20(29)14-28-19-13-16(22(23,24)25)10-11-18(19)27-12-6-2-3-9-21(27)28;/h4-5,7-8,10-11,13H,2-3,6,9,12,14H2,1H3;1H. The van der Waals surface area contributed by atoms with Gasteiger partial charge in [0.05, 0.1) is 12.1 Å². The van der Waals surface area contributed by atoms with Crippen LogP contribution in [0.4, 0.5) is 18.9 Å². The maximum atomic E-state index is 13.3. The number of nitrogens with one attached hydrogen (secondary N) is 1. The van der Waals surface area contributed by atoms with Crippen molar-refractivity contribution >= 4 is 22.6 Å². The molecule has 1 N–H and O–H groups in total. The maximum absolute atomic E-state index is 13.3. The molecule has 0 spiro atoms. The van der Waals surface area contributed by atoms with E-state index in [-0.39, 0.29) is 29.4 Å². The van der Waals surface area contributed by atoms with E-state index in [1.165, 1.54) is 6.07 Å². The van der Waals surface area contributed by atoms with Gasteiger partial charge in [0.1, 0.15) is 0 Å². The zero-order valence-electron chi connectivity index (χ0n) is 16.6. The molecular formula is C22H23BrF3N3O. The van der Waals surface area contributed by atoms with Crippen LogP contribution in [-0.4, -0.2) is 10.5 Å². The number of nitrogens with zero attached hydrogens (tertiary/aromatic N) is 2. The van der Waals surface area contributed by atoms with Crippen molar-refractivity contribution in [1.29, 1.82) is 0 Å². The lowest BCUT2D eigenvalue weighted by atomic mass is 10.1. The molecule has 1 aliphatic rings. The minimum atomic E-state index is -4.42. The van der Waals surface area contributed by atoms with Gasteiger partial charge in [-0.1, -0.05) is 18.2 Å². The van der Waals surface area contributed by atoms with Crippen LogP contribution in [0.25, 0.3) is 11.0 Å². The topological polar surface area (TPSA) is 37.9 Å². The molecule has 0 saturated carbocycles. The first kappa shape index (κ1) is 22.3. The number of amides is 1. The van der Waals surface area contributed by atoms with Gasteiger partial charge in [-0.05, 0) is 49.9 Å². The van der Waals surface area contributed by atoms with E-state index in [0.717, 1.165) is 61.3 Å². The molecule has 2 aromatic carbocycles. The van der Waals surface area contributed by atoms with Crippen LogP contribution in [-0.2, 0) is 30.5 Å². The molecule has 0 atom stereocenters. The summed E-state index contributed by atoms with van der Waals surface area (Å²) in [6, 6.07) is 11.3. The summed E-state index contributed by atoms with van der Waals surface area (Å²) in [5.74, 6) is 0.665. The van der Waals surface area contributed by atoms with E-state index in [1.54, 1.807) is 4.57 Å². The van der Waals surface area contributed by atoms with Gasteiger partial charge in [0.25, 0.3) is 11.7 Å². The van der Waals surface area contributed by atoms with Gasteiger partial charge in [-0.25, -0.2) is 9.13 Å². The van der Waals surface area contributed by atoms with Crippen molar-refractivity contribution in [3.63, 3.8) is 0 Å². The summed E-state index contributed by atoms with van der Waals surface area (Å²) in [6.07, 6.45) is -0.670. The lowest BCUT2D eigenvalue weighted by Crippen LogP contribution is -3.00. The Labute approximate surface area is 183 Å². The summed E-state index contributed by atoms with van der Waals surface area (Å²) in [7, 11) is 0. The highest BCUT2D eigenvalue weighted by Crippen LogP contribution is 2.32. The van der Waals surface area contributed by atoms with Crippen molar-refractivity contribution in [2.45, 2.75) is 51.9 Å². The molecule has 3 aromatic rings. The normalized spacial score (nSPS) is 14.0. The molecule has 2 heterocycles. The molecule has 8 heteroatoms. The minimum Gasteiger partial charge on any atom is -1.00 e. The van der Waals surface area contributed by atoms with Crippen LogP contribution in [0.3, 0.4) is 0 Å². The van der Waals surface area contributed by atoms with E-state index >= 15 is 0 Å². The van der Waals surface area contributed by atoms with Crippen molar-refractivity contribution in [2.75, 3.05) is 5.32 Å². The smallest absolute Gasteiger partial charge is 0.416 e. The number of benzene rings is 2. The van der Waals surface area contributed by atoms with Crippen LogP contribution in [0, 0.1) is 6.92 Å². The summed E-state index contributed by atoms with van der Waals surface area (Å²) in [6.45, 7) is 2.64. The summed E-state index contributed by atoms with van der Waals surface area (Å²) < 4.78 is 43.7. The molecule has 4 rings (SSSR count). The largest absolute Gasteiger partial charge is 1.00 e. The van der Waals surface area contributed by atoms with E-state index in [4.69, 9.17) is 0 Å². The molecule has 0 bridgehead atoms. The molecule has 1 aliphatic heterocycles. The summed E-state index contributed by atoms with van der Waals surface area (Å²) >= 11 is 0. The van der Waals surface area contributed by atoms with Crippen LogP contribution >= 0.6 is 0 Å². The molecule has 0 radical (unpaired) electrons. The number of carbonyl (C=O) groups is 1. The van der Waals surface area contributed by atoms with Gasteiger partial charge in [0.2, 0.25) is 0 Å². The fourth-order valence-electron chi connectivity index (χ4n) is 4.04. The molecule has 0 saturated heterocycles. The second kappa shape index (κ2) is 8.79. The minimum absolute atomic E-state index is 0. The predicted octanol–water partition coefficient (Wildman–Crippen LogP) is 1.63. The monoisotopic (exact) mass is 481 g/mol. The maximum Gasteiger partial charge on any atom is 0.416 e. The first-order valence-electron chi connectivity index (χ1n) is 9.82. The van der Waals surface area contributed by atoms with Crippen molar-refractivity contribution in [3.05, 3.63) is 59.4 Å². The molecule has 0 fully saturated rings. The Morgan fingerprint density at radius 2 is 1.90 bits per heavy atom. The van der Waals surface area contributed by atoms with Crippen LogP contribution in [0.2, 0.25) is 0 Å². The molecule has 1 amide bonds. The Balaban J connectivity index is 0.00000256. The number of carbonyl (C=O) groups excluding carboxylic acids is 1. The second-order valence-corrected chi connectivity index (χ2v) is 7.53. The lowest BCUT2D eigenvalue weighted by Gasteiger charge is -2.08. The van der Waals surface area contributed by atoms with E-state index in [2.05, 4.69) is 9.88 Å². The highest BCUT2D eigenvalue weighted by atomic mass is 79.9. The number of alkyl halides is 3. The quantitative estimate of drug-likeness (QED) is 0.567. The van der Waals surface area contributed by atoms with Gasteiger partial charge in [0, 0.05) is 18.2 Å². The number of anilines is 1. The fraction of sp³-hybridized carbons (Fsp3) is 0.364. The van der Waals surface area contributed by atoms with E-state index in [1.807, 2.05) is 31.2 Å². The highest BCUT2D eigenvalue weighted by Gasteiger charge is 2.34. The van der Waals surface area contributed by atoms with Crippen molar-refractivity contribution in [2.24, 2.45) is 0 Å². The Bertz CT molecular complexity index is 1080. The Morgan fingerprint density at radius 1 is 1.13 bits per heavy atom. The molecule has 1 aromatic heterocycles. The number of para-hydroxylation sites is 1. The third kappa shape index (κ3) is 4.38. The van der Waals surface area contributed by atoms with E-state index < -0.39 is 11.7 Å². The third-order valence-electron chi connectivity index (χ3n) is 5.51. The zero-order chi connectivity index (χ0) is 20.6. The van der Waals surface area contributed by atoms with Crippen molar-refractivity contribution in [3.8, 4) is 0 Å². The van der Waals surface area contributed by atoms with Gasteiger partial charge in [0.15, 0.2) is 17.6 Å². The lowest BCUT2D eigenvalue weighted by molar-refractivity contribution is -0.678. The number of fused-ring (bicyclic) bond motifs is 3. The highest BCUT2D eigenvalue weighted by molar-refractivity contribution is 5.92. The molecule has 30 heavy (non-hydrogen) atoms. The summed E-state index contributed by atoms with van der Waals surface area (Å²) in [5.41, 5.74) is 2.16. The molecule has 0 unspecified atom stereocenters. The van der Waals surface area contributed by atoms with Crippen molar-refractivity contribution < 1.29 is 39.5 Å². The number of rotatable bonds is 3. The third-order valence-corrected chi connectivity index (χ3v) is 5.51. The number of hydrogen-bond donors (Lipinski definition) is 1. The van der Waals surface area contributed by atoms with Gasteiger partial charge in [-0.3, -0.25) is 4.79 Å².